The number of hydrazine groups is 1. The lowest BCUT2D eigenvalue weighted by atomic mass is 10.1. The highest BCUT2D eigenvalue weighted by Gasteiger charge is 2.21. The summed E-state index contributed by atoms with van der Waals surface area (Å²) < 4.78 is 33.5. The number of sulfonamides is 1. The molecule has 0 aliphatic rings. The van der Waals surface area contributed by atoms with Crippen molar-refractivity contribution in [2.45, 2.75) is 11.8 Å². The van der Waals surface area contributed by atoms with Gasteiger partial charge in [0.15, 0.2) is 0 Å². The van der Waals surface area contributed by atoms with Crippen molar-refractivity contribution in [1.29, 1.82) is 0 Å². The summed E-state index contributed by atoms with van der Waals surface area (Å²) in [4.78, 5) is 28.3. The van der Waals surface area contributed by atoms with Crippen LogP contribution in [0.4, 0.5) is 5.69 Å². The van der Waals surface area contributed by atoms with Gasteiger partial charge in [0.05, 0.1) is 17.7 Å². The number of rotatable bonds is 6. The number of hydrogen-bond donors (Lipinski definition) is 3. The minimum absolute atomic E-state index is 0.0484. The number of ether oxygens (including phenoxy) is 1. The molecule has 3 aromatic rings. The Bertz CT molecular complexity index is 1210. The third-order valence-corrected chi connectivity index (χ3v) is 5.79. The third kappa shape index (κ3) is 5.17. The second-order valence-corrected chi connectivity index (χ2v) is 8.06. The Balaban J connectivity index is 1.79. The first kappa shape index (κ1) is 21.8. The van der Waals surface area contributed by atoms with Gasteiger partial charge < -0.3 is 4.74 Å². The zero-order valence-electron chi connectivity index (χ0n) is 16.7. The molecule has 160 valence electrons. The summed E-state index contributed by atoms with van der Waals surface area (Å²) in [5.74, 6) is -0.931. The summed E-state index contributed by atoms with van der Waals surface area (Å²) in [7, 11) is -2.58. The molecule has 0 fully saturated rings. The number of pyridine rings is 1. The smallest absolute Gasteiger partial charge is 0.288 e. The van der Waals surface area contributed by atoms with Crippen LogP contribution in [0, 0.1) is 6.92 Å². The Morgan fingerprint density at radius 2 is 1.65 bits per heavy atom. The lowest BCUT2D eigenvalue weighted by Gasteiger charge is -2.14. The van der Waals surface area contributed by atoms with Gasteiger partial charge >= 0.3 is 0 Å². The lowest BCUT2D eigenvalue weighted by molar-refractivity contribution is 0.0844. The number of methoxy groups -OCH3 is 1. The average Bonchev–Trinajstić information content (AvgIpc) is 2.78. The molecule has 2 amide bonds. The maximum absolute atomic E-state index is 12.9. The quantitative estimate of drug-likeness (QED) is 0.505. The van der Waals surface area contributed by atoms with E-state index in [0.717, 1.165) is 0 Å². The van der Waals surface area contributed by atoms with E-state index in [4.69, 9.17) is 4.74 Å². The van der Waals surface area contributed by atoms with E-state index in [-0.39, 0.29) is 21.8 Å². The van der Waals surface area contributed by atoms with Gasteiger partial charge in [0.2, 0.25) is 0 Å². The molecule has 0 spiro atoms. The second kappa shape index (κ2) is 9.26. The predicted molar refractivity (Wildman–Crippen MR) is 114 cm³/mol. The number of carbonyl (C=O) groups is 2. The van der Waals surface area contributed by atoms with Gasteiger partial charge in [-0.3, -0.25) is 30.1 Å². The molecule has 3 rings (SSSR count). The number of aryl methyl sites for hydroxylation is 1. The fourth-order valence-electron chi connectivity index (χ4n) is 2.71. The van der Waals surface area contributed by atoms with Gasteiger partial charge in [0.1, 0.15) is 11.4 Å². The number of aromatic nitrogens is 1. The first-order chi connectivity index (χ1) is 14.8. The number of amides is 2. The molecule has 0 aliphatic carbocycles. The van der Waals surface area contributed by atoms with E-state index in [1.807, 2.05) is 0 Å². The van der Waals surface area contributed by atoms with Crippen molar-refractivity contribution < 1.29 is 22.7 Å². The van der Waals surface area contributed by atoms with Crippen LogP contribution in [-0.2, 0) is 10.0 Å². The highest BCUT2D eigenvalue weighted by Crippen LogP contribution is 2.27. The van der Waals surface area contributed by atoms with Gasteiger partial charge in [-0.15, -0.1) is 0 Å². The molecule has 10 heteroatoms. The Morgan fingerprint density at radius 3 is 2.35 bits per heavy atom. The number of hydrogen-bond acceptors (Lipinski definition) is 6. The maximum atomic E-state index is 12.9. The second-order valence-electron chi connectivity index (χ2n) is 6.41. The van der Waals surface area contributed by atoms with Gasteiger partial charge in [0, 0.05) is 11.8 Å². The molecule has 0 aliphatic heterocycles. The van der Waals surface area contributed by atoms with Crippen molar-refractivity contribution >= 4 is 27.5 Å². The van der Waals surface area contributed by atoms with Crippen molar-refractivity contribution in [2.24, 2.45) is 0 Å². The Hall–Kier alpha value is -3.92. The molecule has 9 nitrogen and oxygen atoms in total. The number of para-hydroxylation sites is 2. The summed E-state index contributed by atoms with van der Waals surface area (Å²) in [5.41, 5.74) is 5.37. The maximum Gasteiger partial charge on any atom is 0.288 e. The van der Waals surface area contributed by atoms with E-state index in [9.17, 15) is 18.0 Å². The zero-order chi connectivity index (χ0) is 22.4. The summed E-state index contributed by atoms with van der Waals surface area (Å²) in [6.45, 7) is 1.61. The first-order valence-electron chi connectivity index (χ1n) is 9.10. The molecule has 1 heterocycles. The van der Waals surface area contributed by atoms with Crippen LogP contribution < -0.4 is 20.3 Å². The number of nitrogens with one attached hydrogen (secondary N) is 3. The molecule has 0 radical (unpaired) electrons. The van der Waals surface area contributed by atoms with Crippen LogP contribution in [0.15, 0.2) is 71.8 Å². The van der Waals surface area contributed by atoms with Gasteiger partial charge in [-0.2, -0.15) is 0 Å². The van der Waals surface area contributed by atoms with E-state index in [2.05, 4.69) is 20.6 Å². The average molecular weight is 440 g/mol. The van der Waals surface area contributed by atoms with Crippen LogP contribution in [-0.4, -0.2) is 32.3 Å². The molecule has 2 aromatic carbocycles. The third-order valence-electron chi connectivity index (χ3n) is 4.28. The molecular weight excluding hydrogens is 420 g/mol. The van der Waals surface area contributed by atoms with Gasteiger partial charge in [0.25, 0.3) is 21.8 Å². The standard InChI is InChI=1S/C21H20N4O5S/c1-14-10-11-15(20(26)23-24-21(27)17-8-5-6-12-22-17)13-19(14)31(28,29)25-16-7-3-4-9-18(16)30-2/h3-13,25H,1-2H3,(H,23,26)(H,24,27). The minimum atomic E-state index is -4.01. The largest absolute Gasteiger partial charge is 0.495 e. The topological polar surface area (TPSA) is 126 Å². The van der Waals surface area contributed by atoms with Crippen LogP contribution in [0.5, 0.6) is 5.75 Å². The lowest BCUT2D eigenvalue weighted by Crippen LogP contribution is -2.42. The van der Waals surface area contributed by atoms with Crippen LogP contribution in [0.25, 0.3) is 0 Å². The SMILES string of the molecule is COc1ccccc1NS(=O)(=O)c1cc(C(=O)NNC(=O)c2ccccn2)ccc1C. The number of carbonyl (C=O) groups excluding carboxylic acids is 2. The normalized spacial score (nSPS) is 10.8. The number of benzene rings is 2. The molecule has 31 heavy (non-hydrogen) atoms. The number of nitrogens with zero attached hydrogens (tertiary/aromatic N) is 1. The molecule has 0 saturated heterocycles. The van der Waals surface area contributed by atoms with E-state index < -0.39 is 21.8 Å². The summed E-state index contributed by atoms with van der Waals surface area (Å²) in [5, 5.41) is 0. The Labute approximate surface area is 179 Å². The Kier molecular flexibility index (Phi) is 6.51. The molecule has 0 saturated carbocycles. The molecular formula is C21H20N4O5S. The van der Waals surface area contributed by atoms with E-state index in [1.54, 1.807) is 43.3 Å². The van der Waals surface area contributed by atoms with Crippen molar-refractivity contribution in [3.05, 3.63) is 83.7 Å². The summed E-state index contributed by atoms with van der Waals surface area (Å²) >= 11 is 0. The molecule has 1 aromatic heterocycles. The van der Waals surface area contributed by atoms with Crippen molar-refractivity contribution in [3.63, 3.8) is 0 Å². The van der Waals surface area contributed by atoms with Crippen molar-refractivity contribution in [2.75, 3.05) is 11.8 Å². The molecule has 0 unspecified atom stereocenters. The fourth-order valence-corrected chi connectivity index (χ4v) is 4.05. The van der Waals surface area contributed by atoms with Crippen LogP contribution in [0.1, 0.15) is 26.4 Å². The Morgan fingerprint density at radius 1 is 0.935 bits per heavy atom. The predicted octanol–water partition coefficient (Wildman–Crippen LogP) is 2.27. The van der Waals surface area contributed by atoms with E-state index in [0.29, 0.717) is 11.3 Å². The number of anilines is 1. The van der Waals surface area contributed by atoms with Crippen LogP contribution in [0.2, 0.25) is 0 Å². The monoisotopic (exact) mass is 440 g/mol. The first-order valence-corrected chi connectivity index (χ1v) is 10.6. The van der Waals surface area contributed by atoms with Crippen molar-refractivity contribution in [1.82, 2.24) is 15.8 Å². The molecule has 0 atom stereocenters. The summed E-state index contributed by atoms with van der Waals surface area (Å²) in [6, 6.07) is 15.5. The van der Waals surface area contributed by atoms with Crippen molar-refractivity contribution in [3.8, 4) is 5.75 Å². The minimum Gasteiger partial charge on any atom is -0.495 e. The van der Waals surface area contributed by atoms with Crippen LogP contribution >= 0.6 is 0 Å². The zero-order valence-corrected chi connectivity index (χ0v) is 17.6. The van der Waals surface area contributed by atoms with E-state index >= 15 is 0 Å². The summed E-state index contributed by atoms with van der Waals surface area (Å²) in [6.07, 6.45) is 1.45. The van der Waals surface area contributed by atoms with Gasteiger partial charge in [-0.05, 0) is 48.9 Å². The molecule has 0 bridgehead atoms. The fraction of sp³-hybridized carbons (Fsp3) is 0.0952. The van der Waals surface area contributed by atoms with E-state index in [1.165, 1.54) is 37.6 Å². The van der Waals surface area contributed by atoms with Crippen LogP contribution in [0.3, 0.4) is 0 Å². The highest BCUT2D eigenvalue weighted by molar-refractivity contribution is 7.92. The highest BCUT2D eigenvalue weighted by atomic mass is 32.2. The van der Waals surface area contributed by atoms with Gasteiger partial charge in [-0.1, -0.05) is 24.3 Å². The molecule has 3 N–H and O–H groups in total. The van der Waals surface area contributed by atoms with Gasteiger partial charge in [-0.25, -0.2) is 8.42 Å².